The van der Waals surface area contributed by atoms with Crippen LogP contribution in [0, 0.1) is 16.7 Å². The van der Waals surface area contributed by atoms with Gasteiger partial charge in [-0.25, -0.2) is 8.42 Å². The van der Waals surface area contributed by atoms with E-state index < -0.39 is 28.5 Å². The fourth-order valence-electron chi connectivity index (χ4n) is 5.85. The summed E-state index contributed by atoms with van der Waals surface area (Å²) in [7, 11) is -4.78. The summed E-state index contributed by atoms with van der Waals surface area (Å²) in [5.74, 6) is 0.170. The zero-order valence-corrected chi connectivity index (χ0v) is 17.9. The zero-order valence-electron chi connectivity index (χ0n) is 17.1. The molecule has 4 fully saturated rings. The van der Waals surface area contributed by atoms with Crippen LogP contribution in [0.2, 0.25) is 0 Å². The molecule has 6 nitrogen and oxygen atoms in total. The fraction of sp³-hybridized carbons (Fsp3) is 0.700. The first kappa shape index (κ1) is 20.4. The van der Waals surface area contributed by atoms with Crippen molar-refractivity contribution in [3.05, 3.63) is 30.3 Å². The number of sulfonamides is 1. The van der Waals surface area contributed by atoms with Crippen LogP contribution in [0.3, 0.4) is 0 Å². The number of aliphatic hydroxyl groups is 1. The smallest absolute Gasteiger partial charge is 0.396 e. The first-order valence-corrected chi connectivity index (χ1v) is 11.5. The van der Waals surface area contributed by atoms with Crippen molar-refractivity contribution in [2.45, 2.75) is 69.5 Å². The van der Waals surface area contributed by atoms with Crippen LogP contribution >= 0.6 is 0 Å². The van der Waals surface area contributed by atoms with Crippen molar-refractivity contribution in [3.8, 4) is 0 Å². The van der Waals surface area contributed by atoms with Crippen molar-refractivity contribution >= 4 is 17.3 Å². The molecule has 0 aromatic heterocycles. The Hall–Kier alpha value is -0.925. The molecule has 8 heteroatoms. The maximum absolute atomic E-state index is 12.7. The normalized spacial score (nSPS) is 37.7. The first-order valence-electron chi connectivity index (χ1n) is 10.0. The summed E-state index contributed by atoms with van der Waals surface area (Å²) in [6, 6.07) is 8.24. The molecule has 0 spiro atoms. The van der Waals surface area contributed by atoms with Crippen LogP contribution in [-0.2, 0) is 19.3 Å². The minimum atomic E-state index is -3.74. The van der Waals surface area contributed by atoms with Gasteiger partial charge in [0.25, 0.3) is 0 Å². The molecule has 1 aromatic rings. The lowest BCUT2D eigenvalue weighted by Crippen LogP contribution is -2.58. The molecule has 0 amide bonds. The van der Waals surface area contributed by atoms with Gasteiger partial charge in [0, 0.05) is 6.61 Å². The number of aliphatic hydroxyl groups excluding tert-OH is 1. The van der Waals surface area contributed by atoms with E-state index in [-0.39, 0.29) is 28.3 Å². The Kier molecular flexibility index (Phi) is 4.57. The van der Waals surface area contributed by atoms with Crippen LogP contribution in [0.25, 0.3) is 0 Å². The lowest BCUT2D eigenvalue weighted by Gasteiger charge is -2.56. The lowest BCUT2D eigenvalue weighted by atomic mass is 9.51. The highest BCUT2D eigenvalue weighted by atomic mass is 32.2. The maximum atomic E-state index is 12.7. The van der Waals surface area contributed by atoms with Gasteiger partial charge in [0.05, 0.1) is 16.1 Å². The Bertz CT molecular complexity index is 853. The van der Waals surface area contributed by atoms with Gasteiger partial charge in [-0.05, 0) is 75.3 Å². The second-order valence-corrected chi connectivity index (χ2v) is 11.4. The highest BCUT2D eigenvalue weighted by molar-refractivity contribution is 7.90. The van der Waals surface area contributed by atoms with Crippen molar-refractivity contribution in [3.63, 3.8) is 0 Å². The lowest BCUT2D eigenvalue weighted by molar-refractivity contribution is -0.134. The molecule has 1 aromatic carbocycles. The highest BCUT2D eigenvalue weighted by Crippen LogP contribution is 2.72. The third-order valence-corrected chi connectivity index (χ3v) is 9.34. The number of fused-ring (bicyclic) bond motifs is 1. The van der Waals surface area contributed by atoms with E-state index >= 15 is 0 Å². The van der Waals surface area contributed by atoms with Gasteiger partial charge in [0.15, 0.2) is 0 Å². The van der Waals surface area contributed by atoms with Crippen LogP contribution < -0.4 is 4.63 Å². The van der Waals surface area contributed by atoms with E-state index in [2.05, 4.69) is 11.6 Å². The molecule has 28 heavy (non-hydrogen) atoms. The van der Waals surface area contributed by atoms with Crippen molar-refractivity contribution < 1.29 is 22.8 Å². The van der Waals surface area contributed by atoms with Gasteiger partial charge in [0.1, 0.15) is 0 Å². The van der Waals surface area contributed by atoms with Crippen molar-refractivity contribution in [1.29, 1.82) is 0 Å². The number of nitrogens with one attached hydrogen (secondary N) is 1. The molecular weight excluding hydrogens is 377 g/mol. The van der Waals surface area contributed by atoms with E-state index in [1.165, 1.54) is 0 Å². The van der Waals surface area contributed by atoms with Gasteiger partial charge in [-0.15, -0.1) is 0 Å². The molecule has 5 rings (SSSR count). The van der Waals surface area contributed by atoms with E-state index in [9.17, 15) is 13.5 Å². The monoisotopic (exact) mass is 407 g/mol. The van der Waals surface area contributed by atoms with E-state index in [4.69, 9.17) is 9.31 Å². The SMILES string of the molecule is CC(C12CCC(CO)(C1)C2)C1(C)OB(NS(=O)(=O)c2ccccc2)OC1(C)C. The van der Waals surface area contributed by atoms with Gasteiger partial charge in [-0.2, -0.15) is 4.63 Å². The third kappa shape index (κ3) is 2.88. The fourth-order valence-corrected chi connectivity index (χ4v) is 6.85. The topological polar surface area (TPSA) is 84.9 Å². The number of hydrogen-bond acceptors (Lipinski definition) is 5. The molecule has 2 atom stereocenters. The van der Waals surface area contributed by atoms with Crippen molar-refractivity contribution in [2.24, 2.45) is 16.7 Å². The largest absolute Gasteiger partial charge is 0.570 e. The summed E-state index contributed by atoms with van der Waals surface area (Å²) in [4.78, 5) is 0.183. The van der Waals surface area contributed by atoms with Gasteiger partial charge in [-0.1, -0.05) is 25.1 Å². The summed E-state index contributed by atoms with van der Waals surface area (Å²) >= 11 is 0. The zero-order chi connectivity index (χ0) is 20.4. The molecule has 3 saturated carbocycles. The summed E-state index contributed by atoms with van der Waals surface area (Å²) in [6.07, 6.45) is 4.14. The van der Waals surface area contributed by atoms with E-state index in [0.717, 1.165) is 25.7 Å². The molecule has 2 unspecified atom stereocenters. The second-order valence-electron chi connectivity index (χ2n) is 9.72. The minimum Gasteiger partial charge on any atom is -0.396 e. The van der Waals surface area contributed by atoms with Crippen LogP contribution in [0.4, 0.5) is 0 Å². The standard InChI is InChI=1S/C20H30BNO5S/c1-15(20-11-10-19(12-20,13-20)14-23)18(4)17(2,3)26-21(27-18)22-28(24,25)16-8-6-5-7-9-16/h5-9,15,22-23H,10-14H2,1-4H3. The van der Waals surface area contributed by atoms with E-state index in [0.29, 0.717) is 0 Å². The Balaban J connectivity index is 1.53. The minimum absolute atomic E-state index is 0.0858. The predicted molar refractivity (Wildman–Crippen MR) is 107 cm³/mol. The molecule has 154 valence electrons. The molecule has 4 aliphatic rings. The molecule has 1 saturated heterocycles. The van der Waals surface area contributed by atoms with Crippen molar-refractivity contribution in [2.75, 3.05) is 6.61 Å². The number of rotatable bonds is 6. The Morgan fingerprint density at radius 3 is 2.36 bits per heavy atom. The van der Waals surface area contributed by atoms with E-state index in [1.807, 2.05) is 20.8 Å². The summed E-state index contributed by atoms with van der Waals surface area (Å²) < 4.78 is 40.3. The molecular formula is C20H30BNO5S. The second kappa shape index (κ2) is 6.28. The summed E-state index contributed by atoms with van der Waals surface area (Å²) in [5.41, 5.74) is -1.10. The Morgan fingerprint density at radius 2 is 1.79 bits per heavy atom. The Labute approximate surface area is 168 Å². The van der Waals surface area contributed by atoms with Crippen molar-refractivity contribution in [1.82, 2.24) is 4.63 Å². The van der Waals surface area contributed by atoms with Crippen LogP contribution in [0.1, 0.15) is 53.4 Å². The van der Waals surface area contributed by atoms with E-state index in [1.54, 1.807) is 30.3 Å². The Morgan fingerprint density at radius 1 is 1.14 bits per heavy atom. The quantitative estimate of drug-likeness (QED) is 0.709. The molecule has 1 aliphatic heterocycles. The van der Waals surface area contributed by atoms with Gasteiger partial charge in [0.2, 0.25) is 10.0 Å². The average Bonchev–Trinajstić information content (AvgIpc) is 3.24. The number of benzene rings is 1. The summed E-state index contributed by atoms with van der Waals surface area (Å²) in [6.45, 7) is 8.39. The van der Waals surface area contributed by atoms with Gasteiger partial charge < -0.3 is 14.4 Å². The van der Waals surface area contributed by atoms with Crippen LogP contribution in [0.15, 0.2) is 35.2 Å². The highest BCUT2D eigenvalue weighted by Gasteiger charge is 2.69. The number of hydrogen-bond donors (Lipinski definition) is 2. The average molecular weight is 407 g/mol. The molecule has 2 bridgehead atoms. The molecule has 1 heterocycles. The molecule has 3 aliphatic carbocycles. The van der Waals surface area contributed by atoms with Gasteiger partial charge in [-0.3, -0.25) is 0 Å². The maximum Gasteiger partial charge on any atom is 0.570 e. The van der Waals surface area contributed by atoms with Gasteiger partial charge >= 0.3 is 7.25 Å². The summed E-state index contributed by atoms with van der Waals surface area (Å²) in [5, 5.41) is 9.74. The van der Waals surface area contributed by atoms with Crippen LogP contribution in [-0.4, -0.2) is 38.6 Å². The molecule has 0 radical (unpaired) electrons. The molecule has 2 N–H and O–H groups in total. The predicted octanol–water partition coefficient (Wildman–Crippen LogP) is 2.72. The van der Waals surface area contributed by atoms with Crippen LogP contribution in [0.5, 0.6) is 0 Å². The third-order valence-electron chi connectivity index (χ3n) is 7.94. The first-order chi connectivity index (χ1) is 13.0.